The van der Waals surface area contributed by atoms with Crippen LogP contribution in [0.5, 0.6) is 0 Å². The average Bonchev–Trinajstić information content (AvgIpc) is 1.50. The van der Waals surface area contributed by atoms with Crippen molar-refractivity contribution in [2.45, 2.75) is 208 Å². The van der Waals surface area contributed by atoms with Gasteiger partial charge in [0, 0.05) is 157 Å². The second-order valence-electron chi connectivity index (χ2n) is 32.0. The summed E-state index contributed by atoms with van der Waals surface area (Å²) in [5.41, 5.74) is 10.8. The summed E-state index contributed by atoms with van der Waals surface area (Å²) in [5, 5.41) is 36.2. The normalized spacial score (nSPS) is 18.5. The molecule has 6 aromatic heterocycles. The average molecular weight is 2200 g/mol. The molecule has 0 bridgehead atoms. The van der Waals surface area contributed by atoms with Crippen LogP contribution in [0.1, 0.15) is 209 Å². The van der Waals surface area contributed by atoms with Gasteiger partial charge < -0.3 is 53.4 Å². The van der Waals surface area contributed by atoms with Gasteiger partial charge in [-0.3, -0.25) is 53.9 Å². The molecule has 0 aliphatic carbocycles. The fourth-order valence-corrected chi connectivity index (χ4v) is 17.3. The summed E-state index contributed by atoms with van der Waals surface area (Å²) in [6.07, 6.45) is 19.0. The standard InChI is InChI=1S/C21H27N3O6S.C18H22N2O5S.C16H18N2O5S.C15H19BrN2O5S.C9H16O4S.C6H5BrN2O.C6H4BrNO/c1-4-7-15-9-10-17(22-14-15)18-12-16(29-23-18)13-21(2,31(3,26)27)20(25)30-24-19-8-5-6-11-28-19;1-5-7-13-8-9-15(19-12-13)16-10-14(25-20-16)11-18(3,26(4,22)23)17(21)24-6-2;1-4-5-11-6-7-13(17-10-11)14-8-12(23-18-14)9-16(2,15(19)20)24(3,21)22;1-4-22-14(19)15(2,24(3,20)21)8-11-7-13(18-23-11)12-6-5-10(16)9-17-12;1-5-7-9(3,14(4,11)12)8(10)13-6-2;7-5-1-2-6(4-9-10)8-3-5;7-5-1-2-6(4-9)8-3-5/h9-10,14,16,19,24H,5-6,8,11-13H2,1-3H3;8-9,12,14H,6,10-11H2,1-4H3;6-7,10,12H,8-9H2,1-3H3,(H,19,20);5-6,9,11H,4,7-8H2,1-3H3;5H,1,6-7H2,2-4H3;1-4,10H;1-4H/b;;;;;9-4+;. The number of pyridine rings is 6. The van der Waals surface area contributed by atoms with E-state index in [1.807, 2.05) is 24.3 Å². The van der Waals surface area contributed by atoms with Crippen LogP contribution in [-0.2, 0) is 116 Å². The second-order valence-corrected chi connectivity index (χ2v) is 47.0. The van der Waals surface area contributed by atoms with Gasteiger partial charge in [0.15, 0.2) is 79.2 Å². The smallest absolute Gasteiger partial charge is 0.346 e. The number of sulfone groups is 5. The van der Waals surface area contributed by atoms with E-state index in [0.29, 0.717) is 102 Å². The highest BCUT2D eigenvalue weighted by molar-refractivity contribution is 9.11. The number of hydroxylamine groups is 1. The number of carbonyl (C=O) groups is 6. The summed E-state index contributed by atoms with van der Waals surface area (Å²) in [6, 6.07) is 21.4. The molecule has 0 radical (unpaired) electrons. The lowest BCUT2D eigenvalue weighted by molar-refractivity contribution is -0.169. The van der Waals surface area contributed by atoms with E-state index in [-0.39, 0.29) is 51.9 Å². The molecule has 5 aliphatic rings. The first kappa shape index (κ1) is 117. The maximum atomic E-state index is 12.8. The van der Waals surface area contributed by atoms with Crippen LogP contribution in [0, 0.1) is 35.5 Å². The number of hydrogen-bond donors (Lipinski definition) is 3. The van der Waals surface area contributed by atoms with Gasteiger partial charge in [-0.2, -0.15) is 0 Å². The van der Waals surface area contributed by atoms with Gasteiger partial charge in [-0.15, -0.1) is 29.8 Å². The summed E-state index contributed by atoms with van der Waals surface area (Å²) in [6.45, 7) is 21.1. The van der Waals surface area contributed by atoms with E-state index < -0.39 is 133 Å². The Morgan fingerprint density at radius 1 is 0.464 bits per heavy atom. The lowest BCUT2D eigenvalue weighted by Gasteiger charge is -2.29. The number of allylic oxidation sites excluding steroid dienone is 1. The first-order chi connectivity index (χ1) is 64.7. The molecule has 10 unspecified atom stereocenters. The maximum absolute atomic E-state index is 12.8. The van der Waals surface area contributed by atoms with Crippen molar-refractivity contribution in [2.24, 2.45) is 25.8 Å². The van der Waals surface area contributed by atoms with Crippen LogP contribution in [-0.4, -0.2) is 260 Å². The van der Waals surface area contributed by atoms with E-state index in [1.54, 1.807) is 127 Å². The van der Waals surface area contributed by atoms with Crippen molar-refractivity contribution in [2.75, 3.05) is 57.7 Å². The minimum atomic E-state index is -3.82. The van der Waals surface area contributed by atoms with E-state index in [4.69, 9.17) is 48.3 Å². The Balaban J connectivity index is 0.000000294. The Morgan fingerprint density at radius 3 is 1.04 bits per heavy atom. The quantitative estimate of drug-likeness (QED) is 0.00532. The third-order valence-corrected chi connectivity index (χ3v) is 32.6. The number of carboxylic acid groups (broad SMARTS) is 1. The molecule has 10 atom stereocenters. The number of halogens is 3. The van der Waals surface area contributed by atoms with E-state index in [1.165, 1.54) is 46.9 Å². The largest absolute Gasteiger partial charge is 0.480 e. The van der Waals surface area contributed by atoms with Gasteiger partial charge in [-0.05, 0) is 222 Å². The number of nitrogens with zero attached hydrogens (tertiary/aromatic N) is 11. The van der Waals surface area contributed by atoms with Gasteiger partial charge in [-0.1, -0.05) is 49.6 Å². The Morgan fingerprint density at radius 2 is 0.775 bits per heavy atom. The number of carbonyl (C=O) groups excluding carboxylic acids is 5. The number of carboxylic acids is 1. The van der Waals surface area contributed by atoms with Crippen LogP contribution in [0.4, 0.5) is 0 Å². The van der Waals surface area contributed by atoms with Crippen molar-refractivity contribution in [3.05, 3.63) is 187 Å². The van der Waals surface area contributed by atoms with Crippen LogP contribution in [0.3, 0.4) is 0 Å². The van der Waals surface area contributed by atoms with Gasteiger partial charge in [0.05, 0.1) is 54.5 Å². The maximum Gasteiger partial charge on any atom is 0.346 e. The molecule has 5 aliphatic heterocycles. The van der Waals surface area contributed by atoms with Crippen molar-refractivity contribution < 1.29 is 124 Å². The van der Waals surface area contributed by atoms with Crippen LogP contribution < -0.4 is 5.48 Å². The van der Waals surface area contributed by atoms with E-state index in [2.05, 4.69) is 151 Å². The Bertz CT molecular complexity index is 6210. The highest BCUT2D eigenvalue weighted by Crippen LogP contribution is 2.36. The Labute approximate surface area is 829 Å². The molecule has 1 saturated heterocycles. The highest BCUT2D eigenvalue weighted by Gasteiger charge is 2.53. The lowest BCUT2D eigenvalue weighted by atomic mass is 9.98. The molecular weight excluding hydrogens is 2090 g/mol. The minimum absolute atomic E-state index is 0.0335. The fourth-order valence-electron chi connectivity index (χ4n) is 12.5. The molecule has 39 nitrogen and oxygen atoms in total. The number of nitrogens with one attached hydrogen (secondary N) is 1. The SMILES string of the molecule is C=CCC(C)(C(=O)OCC)S(C)(=O)=O.CC#Cc1ccc(C2=NOC(CC(C)(C(=O)O)S(C)(=O)=O)C2)nc1.CC#Cc1ccc(C2=NOC(CC(C)(C(=O)OCC)S(C)(=O)=O)C2)nc1.CC#Cc1ccc(C2=NOC(CC(C)(C(=O)ONC3CCCCO3)S(C)(=O)=O)C2)nc1.CCOC(=O)C(C)(CC1CC(c2ccc(Br)cn2)=NO1)S(C)(=O)=O.O/N=C/c1ccc(Br)cn1.O=Cc1ccc(Br)cn1. The number of ether oxygens (including phenoxy) is 4. The number of aldehydes is 1. The van der Waals surface area contributed by atoms with Crippen molar-refractivity contribution in [3.8, 4) is 35.5 Å². The number of esters is 3. The van der Waals surface area contributed by atoms with Gasteiger partial charge in [-0.25, -0.2) is 46.9 Å². The van der Waals surface area contributed by atoms with Crippen molar-refractivity contribution in [3.63, 3.8) is 0 Å². The van der Waals surface area contributed by atoms with Crippen LogP contribution >= 0.6 is 47.8 Å². The Kier molecular flexibility index (Phi) is 45.7. The summed E-state index contributed by atoms with van der Waals surface area (Å²) in [5.74, 6) is 12.5. The topological polar surface area (TPSA) is 548 Å². The minimum Gasteiger partial charge on any atom is -0.480 e. The predicted octanol–water partition coefficient (Wildman–Crippen LogP) is 11.0. The summed E-state index contributed by atoms with van der Waals surface area (Å²) in [7, 11) is -18.5. The first-order valence-electron chi connectivity index (χ1n) is 42.2. The highest BCUT2D eigenvalue weighted by atomic mass is 79.9. The second kappa shape index (κ2) is 53.8. The van der Waals surface area contributed by atoms with Crippen LogP contribution in [0.15, 0.2) is 162 Å². The summed E-state index contributed by atoms with van der Waals surface area (Å²) >= 11 is 9.73. The van der Waals surface area contributed by atoms with E-state index in [9.17, 15) is 76.0 Å². The van der Waals surface area contributed by atoms with Crippen molar-refractivity contribution in [1.29, 1.82) is 0 Å². The van der Waals surface area contributed by atoms with Crippen LogP contribution in [0.25, 0.3) is 0 Å². The number of hydrogen-bond acceptors (Lipinski definition) is 38. The molecule has 1 fully saturated rings. The zero-order chi connectivity index (χ0) is 103. The molecule has 3 N–H and O–H groups in total. The Hall–Kier alpha value is -11.2. The van der Waals surface area contributed by atoms with E-state index in [0.717, 1.165) is 74.2 Å². The fraction of sp³-hybridized carbons (Fsp3) is 0.462. The molecule has 138 heavy (non-hydrogen) atoms. The molecule has 47 heteroatoms. The number of rotatable bonds is 31. The van der Waals surface area contributed by atoms with Gasteiger partial charge >= 0.3 is 29.8 Å². The zero-order valence-electron chi connectivity index (χ0n) is 78.7. The third kappa shape index (κ3) is 34.4. The molecule has 0 saturated carbocycles. The number of aromatic nitrogens is 6. The first-order valence-corrected chi connectivity index (χ1v) is 54.0. The predicted molar refractivity (Wildman–Crippen MR) is 525 cm³/mol. The van der Waals surface area contributed by atoms with Crippen LogP contribution in [0.2, 0.25) is 0 Å². The molecule has 0 amide bonds. The van der Waals surface area contributed by atoms with Gasteiger partial charge in [0.1, 0.15) is 59.2 Å². The summed E-state index contributed by atoms with van der Waals surface area (Å²) in [4.78, 5) is 121. The molecule has 11 heterocycles. The summed E-state index contributed by atoms with van der Waals surface area (Å²) < 4.78 is 134. The van der Waals surface area contributed by atoms with Gasteiger partial charge in [0.2, 0.25) is 0 Å². The molecular formula is C91H111Br3N12O27S5. The van der Waals surface area contributed by atoms with Crippen molar-refractivity contribution in [1.82, 2.24) is 35.4 Å². The third-order valence-electron chi connectivity index (χ3n) is 21.3. The molecule has 0 aromatic carbocycles. The molecule has 11 rings (SSSR count). The lowest BCUT2D eigenvalue weighted by Crippen LogP contribution is -2.50. The number of aliphatic carboxylic acids is 1. The molecule has 6 aromatic rings. The van der Waals surface area contributed by atoms with Gasteiger partial charge in [0.25, 0.3) is 0 Å². The van der Waals surface area contributed by atoms with E-state index >= 15 is 0 Å². The van der Waals surface area contributed by atoms with Crippen molar-refractivity contribution >= 4 is 162 Å². The monoisotopic (exact) mass is 2200 g/mol. The molecule has 748 valence electrons. The zero-order valence-corrected chi connectivity index (χ0v) is 87.6. The molecule has 0 spiro atoms. The number of oxime groups is 5.